The summed E-state index contributed by atoms with van der Waals surface area (Å²) in [6.07, 6.45) is 1.87. The first-order valence-corrected chi connectivity index (χ1v) is 9.41. The highest BCUT2D eigenvalue weighted by Crippen LogP contribution is 2.31. The number of amides is 2. The standard InChI is InChI=1S/C22H26N2O4/c1-14(2)22(26)24-9-5-6-15-7-8-17(12-20(15)24)23-21(25)16-10-18(27-3)13-19(11-16)28-4/h7-8,10-14H,5-6,9H2,1-4H3,(H,23,25). The number of methoxy groups -OCH3 is 2. The topological polar surface area (TPSA) is 67.9 Å². The summed E-state index contributed by atoms with van der Waals surface area (Å²) in [6, 6.07) is 10.8. The predicted octanol–water partition coefficient (Wildman–Crippen LogP) is 3.89. The Labute approximate surface area is 165 Å². The lowest BCUT2D eigenvalue weighted by Crippen LogP contribution is -2.38. The van der Waals surface area contributed by atoms with Gasteiger partial charge in [0.2, 0.25) is 5.91 Å². The van der Waals surface area contributed by atoms with Crippen molar-refractivity contribution in [1.82, 2.24) is 0 Å². The van der Waals surface area contributed by atoms with Gasteiger partial charge < -0.3 is 19.7 Å². The molecule has 3 rings (SSSR count). The first kappa shape index (κ1) is 19.7. The van der Waals surface area contributed by atoms with E-state index in [0.717, 1.165) is 24.1 Å². The fraction of sp³-hybridized carbons (Fsp3) is 0.364. The van der Waals surface area contributed by atoms with E-state index in [9.17, 15) is 9.59 Å². The van der Waals surface area contributed by atoms with Crippen LogP contribution in [0.4, 0.5) is 11.4 Å². The van der Waals surface area contributed by atoms with Crippen LogP contribution in [0.3, 0.4) is 0 Å². The van der Waals surface area contributed by atoms with E-state index >= 15 is 0 Å². The number of anilines is 2. The first-order valence-electron chi connectivity index (χ1n) is 9.41. The maximum absolute atomic E-state index is 12.7. The fourth-order valence-corrected chi connectivity index (χ4v) is 3.33. The van der Waals surface area contributed by atoms with E-state index in [1.165, 1.54) is 0 Å². The Hall–Kier alpha value is -3.02. The second-order valence-corrected chi connectivity index (χ2v) is 7.15. The van der Waals surface area contributed by atoms with Crippen LogP contribution in [0.1, 0.15) is 36.2 Å². The minimum Gasteiger partial charge on any atom is -0.497 e. The second kappa shape index (κ2) is 8.33. The van der Waals surface area contributed by atoms with Gasteiger partial charge in [0.1, 0.15) is 11.5 Å². The number of hydrogen-bond acceptors (Lipinski definition) is 4. The predicted molar refractivity (Wildman–Crippen MR) is 109 cm³/mol. The Morgan fingerprint density at radius 1 is 1.04 bits per heavy atom. The lowest BCUT2D eigenvalue weighted by molar-refractivity contribution is -0.121. The molecular formula is C22H26N2O4. The summed E-state index contributed by atoms with van der Waals surface area (Å²) in [7, 11) is 3.08. The molecule has 1 N–H and O–H groups in total. The molecule has 1 heterocycles. The Balaban J connectivity index is 1.87. The number of ether oxygens (including phenoxy) is 2. The van der Waals surface area contributed by atoms with Gasteiger partial charge in [0, 0.05) is 35.5 Å². The van der Waals surface area contributed by atoms with Gasteiger partial charge in [-0.05, 0) is 42.7 Å². The van der Waals surface area contributed by atoms with Crippen molar-refractivity contribution in [2.24, 2.45) is 5.92 Å². The molecule has 28 heavy (non-hydrogen) atoms. The van der Waals surface area contributed by atoms with Crippen molar-refractivity contribution in [2.45, 2.75) is 26.7 Å². The van der Waals surface area contributed by atoms with Crippen LogP contribution in [0.2, 0.25) is 0 Å². The molecule has 0 saturated carbocycles. The number of benzene rings is 2. The first-order chi connectivity index (χ1) is 13.4. The third-order valence-electron chi connectivity index (χ3n) is 4.84. The summed E-state index contributed by atoms with van der Waals surface area (Å²) >= 11 is 0. The molecule has 0 bridgehead atoms. The quantitative estimate of drug-likeness (QED) is 0.852. The van der Waals surface area contributed by atoms with E-state index in [4.69, 9.17) is 9.47 Å². The summed E-state index contributed by atoms with van der Waals surface area (Å²) < 4.78 is 10.5. The fourth-order valence-electron chi connectivity index (χ4n) is 3.33. The molecule has 6 heteroatoms. The molecule has 148 valence electrons. The van der Waals surface area contributed by atoms with Gasteiger partial charge in [-0.15, -0.1) is 0 Å². The molecule has 0 fully saturated rings. The molecule has 0 saturated heterocycles. The van der Waals surface area contributed by atoms with Gasteiger partial charge in [-0.2, -0.15) is 0 Å². The summed E-state index contributed by atoms with van der Waals surface area (Å²) in [4.78, 5) is 27.1. The summed E-state index contributed by atoms with van der Waals surface area (Å²) in [6.45, 7) is 4.51. The van der Waals surface area contributed by atoms with E-state index in [1.807, 2.05) is 36.9 Å². The summed E-state index contributed by atoms with van der Waals surface area (Å²) in [5.41, 5.74) is 3.09. The molecule has 0 spiro atoms. The van der Waals surface area contributed by atoms with Gasteiger partial charge in [0.25, 0.3) is 5.91 Å². The second-order valence-electron chi connectivity index (χ2n) is 7.15. The highest BCUT2D eigenvalue weighted by molar-refractivity contribution is 6.05. The smallest absolute Gasteiger partial charge is 0.255 e. The van der Waals surface area contributed by atoms with Crippen LogP contribution in [0.15, 0.2) is 36.4 Å². The van der Waals surface area contributed by atoms with Crippen molar-refractivity contribution < 1.29 is 19.1 Å². The average Bonchev–Trinajstić information content (AvgIpc) is 2.72. The number of nitrogens with zero attached hydrogens (tertiary/aromatic N) is 1. The van der Waals surface area contributed by atoms with E-state index in [0.29, 0.717) is 29.3 Å². The normalized spacial score (nSPS) is 13.1. The minimum atomic E-state index is -0.269. The Kier molecular flexibility index (Phi) is 5.87. The van der Waals surface area contributed by atoms with Gasteiger partial charge in [-0.1, -0.05) is 19.9 Å². The highest BCUT2D eigenvalue weighted by atomic mass is 16.5. The summed E-state index contributed by atoms with van der Waals surface area (Å²) in [5, 5.41) is 2.91. The monoisotopic (exact) mass is 382 g/mol. The van der Waals surface area contributed by atoms with Crippen LogP contribution in [0, 0.1) is 5.92 Å². The number of carbonyl (C=O) groups excluding carboxylic acids is 2. The number of fused-ring (bicyclic) bond motifs is 1. The van der Waals surface area contributed by atoms with Crippen molar-refractivity contribution in [3.8, 4) is 11.5 Å². The lowest BCUT2D eigenvalue weighted by Gasteiger charge is -2.31. The number of nitrogens with one attached hydrogen (secondary N) is 1. The third-order valence-corrected chi connectivity index (χ3v) is 4.84. The Bertz CT molecular complexity index is 870. The number of aryl methyl sites for hydroxylation is 1. The van der Waals surface area contributed by atoms with E-state index in [-0.39, 0.29) is 17.7 Å². The van der Waals surface area contributed by atoms with E-state index in [2.05, 4.69) is 5.32 Å². The third kappa shape index (κ3) is 4.11. The molecule has 0 atom stereocenters. The Morgan fingerprint density at radius 2 is 1.71 bits per heavy atom. The lowest BCUT2D eigenvalue weighted by atomic mass is 9.99. The zero-order valence-electron chi connectivity index (χ0n) is 16.7. The van der Waals surface area contributed by atoms with E-state index in [1.54, 1.807) is 32.4 Å². The van der Waals surface area contributed by atoms with Gasteiger partial charge >= 0.3 is 0 Å². The molecule has 0 aliphatic carbocycles. The molecule has 2 amide bonds. The molecule has 2 aromatic rings. The maximum atomic E-state index is 12.7. The molecule has 0 aromatic heterocycles. The van der Waals surface area contributed by atoms with Crippen LogP contribution in [-0.2, 0) is 11.2 Å². The number of rotatable bonds is 5. The van der Waals surface area contributed by atoms with Gasteiger partial charge in [0.05, 0.1) is 14.2 Å². The number of hydrogen-bond donors (Lipinski definition) is 1. The van der Waals surface area contributed by atoms with Gasteiger partial charge in [0.15, 0.2) is 0 Å². The minimum absolute atomic E-state index is 0.0755. The van der Waals surface area contributed by atoms with Crippen molar-refractivity contribution in [2.75, 3.05) is 31.0 Å². The molecule has 2 aromatic carbocycles. The summed E-state index contributed by atoms with van der Waals surface area (Å²) in [5.74, 6) is 0.845. The van der Waals surface area contributed by atoms with Crippen molar-refractivity contribution in [3.05, 3.63) is 47.5 Å². The molecule has 1 aliphatic heterocycles. The molecule has 0 unspecified atom stereocenters. The Morgan fingerprint density at radius 3 is 2.32 bits per heavy atom. The van der Waals surface area contributed by atoms with Crippen LogP contribution in [0.5, 0.6) is 11.5 Å². The molecule has 6 nitrogen and oxygen atoms in total. The van der Waals surface area contributed by atoms with Gasteiger partial charge in [-0.3, -0.25) is 9.59 Å². The van der Waals surface area contributed by atoms with Gasteiger partial charge in [-0.25, -0.2) is 0 Å². The van der Waals surface area contributed by atoms with Crippen LogP contribution in [-0.4, -0.2) is 32.6 Å². The van der Waals surface area contributed by atoms with Crippen molar-refractivity contribution >= 4 is 23.2 Å². The zero-order chi connectivity index (χ0) is 20.3. The maximum Gasteiger partial charge on any atom is 0.255 e. The van der Waals surface area contributed by atoms with Crippen LogP contribution >= 0.6 is 0 Å². The van der Waals surface area contributed by atoms with E-state index < -0.39 is 0 Å². The average molecular weight is 382 g/mol. The van der Waals surface area contributed by atoms with Crippen LogP contribution in [0.25, 0.3) is 0 Å². The zero-order valence-corrected chi connectivity index (χ0v) is 16.7. The number of carbonyl (C=O) groups is 2. The molecular weight excluding hydrogens is 356 g/mol. The molecule has 0 radical (unpaired) electrons. The SMILES string of the molecule is COc1cc(OC)cc(C(=O)Nc2ccc3c(c2)N(C(=O)C(C)C)CCC3)c1. The highest BCUT2D eigenvalue weighted by Gasteiger charge is 2.25. The van der Waals surface area contributed by atoms with Crippen molar-refractivity contribution in [3.63, 3.8) is 0 Å². The molecule has 1 aliphatic rings. The van der Waals surface area contributed by atoms with Crippen molar-refractivity contribution in [1.29, 1.82) is 0 Å². The largest absolute Gasteiger partial charge is 0.497 e. The van der Waals surface area contributed by atoms with Crippen LogP contribution < -0.4 is 19.7 Å².